The molecule has 6 heteroatoms. The molecule has 0 N–H and O–H groups in total. The van der Waals surface area contributed by atoms with E-state index in [1.807, 2.05) is 31.2 Å². The van der Waals surface area contributed by atoms with Gasteiger partial charge in [-0.1, -0.05) is 41.9 Å². The molecule has 29 heavy (non-hydrogen) atoms. The fourth-order valence-electron chi connectivity index (χ4n) is 6.25. The van der Waals surface area contributed by atoms with Crippen LogP contribution in [0.15, 0.2) is 28.7 Å². The molecule has 5 rings (SSSR count). The molecule has 1 saturated carbocycles. The van der Waals surface area contributed by atoms with Gasteiger partial charge >= 0.3 is 0 Å². The van der Waals surface area contributed by atoms with Gasteiger partial charge in [0.1, 0.15) is 5.60 Å². The summed E-state index contributed by atoms with van der Waals surface area (Å²) in [4.78, 5) is 0. The van der Waals surface area contributed by atoms with Gasteiger partial charge in [-0.25, -0.2) is 0 Å². The zero-order chi connectivity index (χ0) is 20.4. The Bertz CT molecular complexity index is 825. The summed E-state index contributed by atoms with van der Waals surface area (Å²) in [5.74, 6) is 0.896. The Morgan fingerprint density at radius 2 is 1.93 bits per heavy atom. The van der Waals surface area contributed by atoms with Crippen molar-refractivity contribution in [3.63, 3.8) is 0 Å². The quantitative estimate of drug-likeness (QED) is 0.610. The number of hydrogen-bond donors (Lipinski definition) is 0. The molecule has 1 aromatic rings. The zero-order valence-electron chi connectivity index (χ0n) is 17.1. The van der Waals surface area contributed by atoms with Gasteiger partial charge in [0.2, 0.25) is 0 Å². The van der Waals surface area contributed by atoms with Gasteiger partial charge in [0.25, 0.3) is 0 Å². The molecule has 3 aliphatic heterocycles. The molecule has 3 unspecified atom stereocenters. The van der Waals surface area contributed by atoms with Gasteiger partial charge in [-0.3, -0.25) is 0 Å². The Labute approximate surface area is 180 Å². The molecular formula is C23H28BrNO4. The normalized spacial score (nSPS) is 46.6. The van der Waals surface area contributed by atoms with Crippen LogP contribution in [0.2, 0.25) is 0 Å². The van der Waals surface area contributed by atoms with Crippen molar-refractivity contribution in [2.75, 3.05) is 0 Å². The molecular weight excluding hydrogens is 434 g/mol. The number of fused-ring (bicyclic) bond motifs is 1. The third kappa shape index (κ3) is 3.01. The summed E-state index contributed by atoms with van der Waals surface area (Å²) in [5, 5.41) is 9.76. The van der Waals surface area contributed by atoms with Crippen molar-refractivity contribution in [2.24, 2.45) is 23.7 Å². The highest BCUT2D eigenvalue weighted by atomic mass is 79.9. The highest BCUT2D eigenvalue weighted by Gasteiger charge is 2.71. The summed E-state index contributed by atoms with van der Waals surface area (Å²) in [5.41, 5.74) is 0.445. The van der Waals surface area contributed by atoms with E-state index >= 15 is 0 Å². The summed E-state index contributed by atoms with van der Waals surface area (Å²) in [6.07, 6.45) is 2.67. The smallest absolute Gasteiger partial charge is 0.193 e. The third-order valence-corrected chi connectivity index (χ3v) is 8.22. The van der Waals surface area contributed by atoms with Gasteiger partial charge in [-0.2, -0.15) is 5.26 Å². The van der Waals surface area contributed by atoms with Crippen LogP contribution in [-0.4, -0.2) is 24.0 Å². The van der Waals surface area contributed by atoms with E-state index in [0.29, 0.717) is 17.8 Å². The molecule has 3 saturated heterocycles. The van der Waals surface area contributed by atoms with Crippen molar-refractivity contribution in [2.45, 2.75) is 76.5 Å². The highest BCUT2D eigenvalue weighted by molar-refractivity contribution is 9.10. The first-order valence-corrected chi connectivity index (χ1v) is 11.5. The molecule has 1 spiro atoms. The van der Waals surface area contributed by atoms with Crippen molar-refractivity contribution < 1.29 is 18.9 Å². The summed E-state index contributed by atoms with van der Waals surface area (Å²) in [6.45, 7) is 6.55. The lowest BCUT2D eigenvalue weighted by molar-refractivity contribution is -0.342. The lowest BCUT2D eigenvalue weighted by Crippen LogP contribution is -2.66. The first-order chi connectivity index (χ1) is 13.9. The maximum absolute atomic E-state index is 9.76. The molecule has 1 aliphatic carbocycles. The van der Waals surface area contributed by atoms with Crippen LogP contribution in [0.3, 0.4) is 0 Å². The van der Waals surface area contributed by atoms with E-state index in [1.165, 1.54) is 6.42 Å². The molecule has 3 heterocycles. The van der Waals surface area contributed by atoms with Gasteiger partial charge in [-0.15, -0.1) is 0 Å². The second kappa shape index (κ2) is 7.03. The number of nitriles is 1. The maximum Gasteiger partial charge on any atom is 0.193 e. The monoisotopic (exact) mass is 461 g/mol. The number of hydrogen-bond acceptors (Lipinski definition) is 5. The molecule has 0 aromatic heterocycles. The van der Waals surface area contributed by atoms with E-state index in [1.54, 1.807) is 0 Å². The van der Waals surface area contributed by atoms with Crippen LogP contribution in [0.1, 0.15) is 58.1 Å². The molecule has 4 fully saturated rings. The predicted octanol–water partition coefficient (Wildman–Crippen LogP) is 5.31. The van der Waals surface area contributed by atoms with Crippen molar-refractivity contribution in [1.29, 1.82) is 5.26 Å². The Kier molecular flexibility index (Phi) is 4.84. The van der Waals surface area contributed by atoms with Crippen LogP contribution < -0.4 is 0 Å². The van der Waals surface area contributed by atoms with E-state index < -0.39 is 24.5 Å². The number of nitrogens with zero attached hydrogens (tertiary/aromatic N) is 1. The van der Waals surface area contributed by atoms with E-state index in [0.717, 1.165) is 29.3 Å². The minimum Gasteiger partial charge on any atom is -0.338 e. The van der Waals surface area contributed by atoms with E-state index in [-0.39, 0.29) is 11.5 Å². The molecule has 5 nitrogen and oxygen atoms in total. The fraction of sp³-hybridized carbons (Fsp3) is 0.696. The Morgan fingerprint density at radius 1 is 1.17 bits per heavy atom. The second-order valence-corrected chi connectivity index (χ2v) is 10.3. The van der Waals surface area contributed by atoms with E-state index in [4.69, 9.17) is 18.9 Å². The van der Waals surface area contributed by atoms with Crippen molar-refractivity contribution >= 4 is 15.9 Å². The van der Waals surface area contributed by atoms with Crippen molar-refractivity contribution in [3.05, 3.63) is 34.3 Å². The van der Waals surface area contributed by atoms with E-state index in [9.17, 15) is 5.26 Å². The van der Waals surface area contributed by atoms with Crippen molar-refractivity contribution in [3.8, 4) is 6.07 Å². The highest BCUT2D eigenvalue weighted by Crippen LogP contribution is 2.63. The minimum atomic E-state index is -0.680. The van der Waals surface area contributed by atoms with Crippen LogP contribution in [0.25, 0.3) is 0 Å². The topological polar surface area (TPSA) is 60.7 Å². The second-order valence-electron chi connectivity index (χ2n) is 9.41. The average molecular weight is 462 g/mol. The third-order valence-electron chi connectivity index (χ3n) is 7.69. The molecule has 156 valence electrons. The van der Waals surface area contributed by atoms with Crippen molar-refractivity contribution in [1.82, 2.24) is 0 Å². The number of ether oxygens (including phenoxy) is 4. The number of benzene rings is 1. The Hall–Kier alpha value is -0.970. The van der Waals surface area contributed by atoms with Gasteiger partial charge in [-0.05, 0) is 55.7 Å². The average Bonchev–Trinajstić information content (AvgIpc) is 2.92. The van der Waals surface area contributed by atoms with Crippen LogP contribution >= 0.6 is 15.9 Å². The van der Waals surface area contributed by atoms with Gasteiger partial charge < -0.3 is 18.9 Å². The number of rotatable bonds is 3. The van der Waals surface area contributed by atoms with Crippen LogP contribution in [0.4, 0.5) is 0 Å². The first-order valence-electron chi connectivity index (χ1n) is 10.7. The molecule has 9 atom stereocenters. The fourth-order valence-corrected chi connectivity index (χ4v) is 6.51. The zero-order valence-corrected chi connectivity index (χ0v) is 18.7. The predicted molar refractivity (Wildman–Crippen MR) is 109 cm³/mol. The summed E-state index contributed by atoms with van der Waals surface area (Å²) >= 11 is 3.44. The van der Waals surface area contributed by atoms with Crippen LogP contribution in [0, 0.1) is 35.0 Å². The van der Waals surface area contributed by atoms with Crippen LogP contribution in [-0.2, 0) is 18.9 Å². The van der Waals surface area contributed by atoms with Gasteiger partial charge in [0.05, 0.1) is 6.07 Å². The Balaban J connectivity index is 1.43. The van der Waals surface area contributed by atoms with Gasteiger partial charge in [0, 0.05) is 22.7 Å². The first kappa shape index (κ1) is 20.0. The largest absolute Gasteiger partial charge is 0.338 e. The minimum absolute atomic E-state index is 0.122. The molecule has 0 amide bonds. The lowest BCUT2D eigenvalue weighted by atomic mass is 9.57. The summed E-state index contributed by atoms with van der Waals surface area (Å²) in [6, 6.07) is 9.96. The van der Waals surface area contributed by atoms with E-state index in [2.05, 4.69) is 35.8 Å². The summed E-state index contributed by atoms with van der Waals surface area (Å²) in [7, 11) is 0. The standard InChI is InChI=1S/C23H28BrNO4/c1-13-4-9-18-14(2)20(26-19(12-25)15-5-7-16(24)8-6-15)27-21-23(18)17(13)10-11-22(3,28-21)29-23/h5-8,13-14,17-21H,4,9-11H2,1-3H3/t13-,14-,17?,18?,19?,20+,21-,22+,23-/m1/s1. The number of halogens is 1. The molecule has 4 aliphatic rings. The summed E-state index contributed by atoms with van der Waals surface area (Å²) < 4.78 is 26.7. The molecule has 2 bridgehead atoms. The SMILES string of the molecule is C[C@@H]1CCC2[C@@H](C)[C@@H](OC(C#N)c3ccc(Br)cc3)O[C@@H]3O[C@]4(C)CCC1[C@@]23O4. The van der Waals surface area contributed by atoms with Gasteiger partial charge in [0.15, 0.2) is 24.5 Å². The Morgan fingerprint density at radius 3 is 2.66 bits per heavy atom. The van der Waals surface area contributed by atoms with Crippen LogP contribution in [0.5, 0.6) is 0 Å². The lowest BCUT2D eigenvalue weighted by Gasteiger charge is -2.58. The maximum atomic E-state index is 9.76. The molecule has 1 aromatic carbocycles. The molecule has 0 radical (unpaired) electrons.